The van der Waals surface area contributed by atoms with Crippen LogP contribution in [0, 0.1) is 11.3 Å². The number of pyridine rings is 2. The number of carbonyl (C=O) groups excluding carboxylic acids is 1. The van der Waals surface area contributed by atoms with Gasteiger partial charge < -0.3 is 10.1 Å². The lowest BCUT2D eigenvalue weighted by Gasteiger charge is -2.31. The van der Waals surface area contributed by atoms with Crippen LogP contribution in [-0.4, -0.2) is 22.5 Å². The predicted octanol–water partition coefficient (Wildman–Crippen LogP) is 7.58. The number of hydrogen-bond acceptors (Lipinski definition) is 5. The molecular weight excluding hydrogens is 641 g/mol. The lowest BCUT2D eigenvalue weighted by molar-refractivity contribution is -0.137. The Hall–Kier alpha value is -3.23. The summed E-state index contributed by atoms with van der Waals surface area (Å²) in [5, 5.41) is 12.8. The maximum absolute atomic E-state index is 13.4. The van der Waals surface area contributed by atoms with E-state index in [4.69, 9.17) is 4.74 Å². The van der Waals surface area contributed by atoms with Gasteiger partial charge in [0.1, 0.15) is 11.6 Å². The molecule has 0 radical (unpaired) electrons. The molecule has 202 valence electrons. The summed E-state index contributed by atoms with van der Waals surface area (Å²) in [7, 11) is 0. The first-order valence-corrected chi connectivity index (χ1v) is 13.7. The van der Waals surface area contributed by atoms with Gasteiger partial charge in [0.15, 0.2) is 0 Å². The number of hydrogen-bond donors (Lipinski definition) is 1. The van der Waals surface area contributed by atoms with Gasteiger partial charge in [0.05, 0.1) is 23.4 Å². The molecule has 0 spiro atoms. The quantitative estimate of drug-likeness (QED) is 0.208. The molecule has 1 amide bonds. The van der Waals surface area contributed by atoms with E-state index in [1.165, 1.54) is 6.08 Å². The molecule has 6 nitrogen and oxygen atoms in total. The monoisotopic (exact) mass is 662 g/mol. The Morgan fingerprint density at radius 1 is 1.15 bits per heavy atom. The van der Waals surface area contributed by atoms with E-state index in [-0.39, 0.29) is 23.6 Å². The summed E-state index contributed by atoms with van der Waals surface area (Å²) in [5.41, 5.74) is 0.293. The van der Waals surface area contributed by atoms with Crippen molar-refractivity contribution in [3.63, 3.8) is 0 Å². The van der Waals surface area contributed by atoms with E-state index in [1.807, 2.05) is 6.07 Å². The first-order valence-electron chi connectivity index (χ1n) is 12.1. The van der Waals surface area contributed by atoms with Gasteiger partial charge in [0, 0.05) is 26.9 Å². The minimum atomic E-state index is -4.54. The fourth-order valence-electron chi connectivity index (χ4n) is 4.60. The van der Waals surface area contributed by atoms with Crippen molar-refractivity contribution in [2.45, 2.75) is 44.3 Å². The summed E-state index contributed by atoms with van der Waals surface area (Å²) in [4.78, 5) is 21.4. The van der Waals surface area contributed by atoms with Crippen LogP contribution in [0.3, 0.4) is 0 Å². The molecule has 0 saturated heterocycles. The summed E-state index contributed by atoms with van der Waals surface area (Å²) in [6.45, 7) is 1.98. The lowest BCUT2D eigenvalue weighted by Crippen LogP contribution is -2.44. The zero-order chi connectivity index (χ0) is 28.2. The lowest BCUT2D eigenvalue weighted by atomic mass is 9.86. The second-order valence-corrected chi connectivity index (χ2v) is 10.8. The summed E-state index contributed by atoms with van der Waals surface area (Å²) >= 11 is 6.72. The molecule has 1 fully saturated rings. The molecule has 0 bridgehead atoms. The van der Waals surface area contributed by atoms with Crippen LogP contribution in [0.1, 0.15) is 49.4 Å². The molecule has 39 heavy (non-hydrogen) atoms. The molecule has 1 aliphatic carbocycles. The van der Waals surface area contributed by atoms with Gasteiger partial charge in [0.2, 0.25) is 5.88 Å². The Morgan fingerprint density at radius 2 is 1.85 bits per heavy atom. The second kappa shape index (κ2) is 11.9. The molecule has 0 atom stereocenters. The van der Waals surface area contributed by atoms with Crippen molar-refractivity contribution in [2.75, 3.05) is 6.61 Å². The van der Waals surface area contributed by atoms with E-state index < -0.39 is 23.2 Å². The number of benzene rings is 1. The second-order valence-electron chi connectivity index (χ2n) is 9.02. The Bertz CT molecular complexity index is 1440. The highest BCUT2D eigenvalue weighted by molar-refractivity contribution is 9.11. The van der Waals surface area contributed by atoms with E-state index in [0.717, 1.165) is 35.1 Å². The first-order chi connectivity index (χ1) is 18.6. The van der Waals surface area contributed by atoms with Crippen molar-refractivity contribution in [3.05, 3.63) is 80.1 Å². The van der Waals surface area contributed by atoms with Crippen LogP contribution in [0.5, 0.6) is 5.88 Å². The Morgan fingerprint density at radius 3 is 2.44 bits per heavy atom. The molecule has 1 N–H and O–H groups in total. The SMILES string of the molecule is CCOc1ncc(C(F)(F)F)cc1-c1ccc(C2(NC(=O)C(C#N)=Cc3ncc(Br)cc3Br)CCCC2)cc1. The van der Waals surface area contributed by atoms with Gasteiger partial charge in [-0.25, -0.2) is 4.98 Å². The van der Waals surface area contributed by atoms with Crippen molar-refractivity contribution >= 4 is 43.8 Å². The van der Waals surface area contributed by atoms with Crippen LogP contribution in [0.15, 0.2) is 63.3 Å². The topological polar surface area (TPSA) is 87.9 Å². The van der Waals surface area contributed by atoms with Crippen LogP contribution in [0.4, 0.5) is 13.2 Å². The summed E-state index contributed by atoms with van der Waals surface area (Å²) < 4.78 is 46.9. The number of halogens is 5. The number of rotatable bonds is 7. The van der Waals surface area contributed by atoms with Crippen LogP contribution >= 0.6 is 31.9 Å². The first kappa shape index (κ1) is 28.8. The number of amides is 1. The fourth-order valence-corrected chi connectivity index (χ4v) is 5.70. The maximum atomic E-state index is 13.4. The highest BCUT2D eigenvalue weighted by Gasteiger charge is 2.38. The van der Waals surface area contributed by atoms with Crippen molar-refractivity contribution in [1.29, 1.82) is 5.26 Å². The number of ether oxygens (including phenoxy) is 1. The molecule has 2 aromatic heterocycles. The summed E-state index contributed by atoms with van der Waals surface area (Å²) in [6, 6.07) is 11.7. The molecule has 4 rings (SSSR count). The third-order valence-corrected chi connectivity index (χ3v) is 7.57. The average molecular weight is 664 g/mol. The molecule has 11 heteroatoms. The van der Waals surface area contributed by atoms with Gasteiger partial charge in [-0.2, -0.15) is 18.4 Å². The Balaban J connectivity index is 1.65. The predicted molar refractivity (Wildman–Crippen MR) is 147 cm³/mol. The van der Waals surface area contributed by atoms with E-state index in [9.17, 15) is 23.2 Å². The van der Waals surface area contributed by atoms with Crippen LogP contribution in [-0.2, 0) is 16.5 Å². The summed E-state index contributed by atoms with van der Waals surface area (Å²) in [5.74, 6) is -0.417. The van der Waals surface area contributed by atoms with Crippen molar-refractivity contribution in [3.8, 4) is 23.1 Å². The number of nitriles is 1. The standard InChI is InChI=1S/C28H23Br2F3N4O2/c1-2-39-26-22(12-20(15-36-26)28(31,32)33)17-5-7-19(8-6-17)27(9-3-4-10-27)37-25(38)18(14-34)11-24-23(30)13-21(29)16-35-24/h5-8,11-13,15-16H,2-4,9-10H2,1H3,(H,37,38). The molecule has 0 aliphatic heterocycles. The zero-order valence-electron chi connectivity index (χ0n) is 20.8. The third-order valence-electron chi connectivity index (χ3n) is 6.50. The molecule has 1 aliphatic rings. The van der Waals surface area contributed by atoms with Gasteiger partial charge in [-0.1, -0.05) is 37.1 Å². The molecule has 2 heterocycles. The number of nitrogens with zero attached hydrogens (tertiary/aromatic N) is 3. The van der Waals surface area contributed by atoms with E-state index in [1.54, 1.807) is 43.5 Å². The Kier molecular flexibility index (Phi) is 8.76. The van der Waals surface area contributed by atoms with Crippen molar-refractivity contribution < 1.29 is 22.7 Å². The van der Waals surface area contributed by atoms with Gasteiger partial charge in [-0.05, 0) is 81.0 Å². The largest absolute Gasteiger partial charge is 0.478 e. The highest BCUT2D eigenvalue weighted by atomic mass is 79.9. The van der Waals surface area contributed by atoms with Gasteiger partial charge in [-0.3, -0.25) is 9.78 Å². The fraction of sp³-hybridized carbons (Fsp3) is 0.286. The van der Waals surface area contributed by atoms with E-state index >= 15 is 0 Å². The van der Waals surface area contributed by atoms with E-state index in [0.29, 0.717) is 28.6 Å². The number of carbonyl (C=O) groups is 1. The molecule has 3 aromatic rings. The number of alkyl halides is 3. The molecule has 1 aromatic carbocycles. The Labute approximate surface area is 240 Å². The van der Waals surface area contributed by atoms with Gasteiger partial charge >= 0.3 is 6.18 Å². The van der Waals surface area contributed by atoms with Gasteiger partial charge in [0.25, 0.3) is 5.91 Å². The smallest absolute Gasteiger partial charge is 0.417 e. The summed E-state index contributed by atoms with van der Waals surface area (Å²) in [6.07, 6.45) is 2.28. The van der Waals surface area contributed by atoms with Crippen LogP contribution in [0.2, 0.25) is 0 Å². The van der Waals surface area contributed by atoms with Crippen molar-refractivity contribution in [2.24, 2.45) is 0 Å². The average Bonchev–Trinajstić information content (AvgIpc) is 3.37. The zero-order valence-corrected chi connectivity index (χ0v) is 24.0. The molecule has 0 unspecified atom stereocenters. The highest BCUT2D eigenvalue weighted by Crippen LogP contribution is 2.41. The molecule has 1 saturated carbocycles. The minimum absolute atomic E-state index is 0.0928. The van der Waals surface area contributed by atoms with Gasteiger partial charge in [-0.15, -0.1) is 0 Å². The van der Waals surface area contributed by atoms with Crippen molar-refractivity contribution in [1.82, 2.24) is 15.3 Å². The minimum Gasteiger partial charge on any atom is -0.478 e. The molecular formula is C28H23Br2F3N4O2. The number of nitrogens with one attached hydrogen (secondary N) is 1. The number of aromatic nitrogens is 2. The van der Waals surface area contributed by atoms with Crippen LogP contribution in [0.25, 0.3) is 17.2 Å². The van der Waals surface area contributed by atoms with E-state index in [2.05, 4.69) is 47.1 Å². The van der Waals surface area contributed by atoms with Crippen LogP contribution < -0.4 is 10.1 Å². The third kappa shape index (κ3) is 6.50. The normalized spacial score (nSPS) is 15.1. The maximum Gasteiger partial charge on any atom is 0.417 e.